The lowest BCUT2D eigenvalue weighted by molar-refractivity contribution is 0.000575. The lowest BCUT2D eigenvalue weighted by atomic mass is 10.0. The molecule has 10 nitrogen and oxygen atoms in total. The zero-order valence-electron chi connectivity index (χ0n) is 27.3. The maximum absolute atomic E-state index is 9.47. The van der Waals surface area contributed by atoms with Crippen molar-refractivity contribution in [3.63, 3.8) is 0 Å². The van der Waals surface area contributed by atoms with Crippen molar-refractivity contribution >= 4 is 0 Å². The largest absolute Gasteiger partial charge is 0.395 e. The number of unbranched alkanes of at least 4 members (excludes halogenated alkanes) is 18. The van der Waals surface area contributed by atoms with E-state index in [9.17, 15) is 40.9 Å². The minimum absolute atomic E-state index is 0.183. The molecular weight excluding hydrogens is 552 g/mol. The Morgan fingerprint density at radius 2 is 0.372 bits per heavy atom. The molecule has 0 unspecified atom stereocenters. The van der Waals surface area contributed by atoms with Gasteiger partial charge in [-0.05, 0) is 25.9 Å². The first kappa shape index (κ1) is 42.6. The van der Waals surface area contributed by atoms with Crippen LogP contribution in [0.25, 0.3) is 0 Å². The van der Waals surface area contributed by atoms with Crippen LogP contribution < -0.4 is 0 Å². The molecule has 0 radical (unpaired) electrons. The van der Waals surface area contributed by atoms with Crippen LogP contribution in [0.3, 0.4) is 0 Å². The van der Waals surface area contributed by atoms with E-state index >= 15 is 0 Å². The molecule has 0 heterocycles. The summed E-state index contributed by atoms with van der Waals surface area (Å²) in [6.45, 7) is -0.138. The lowest BCUT2D eigenvalue weighted by Crippen LogP contribution is -2.50. The van der Waals surface area contributed by atoms with Gasteiger partial charge in [0.05, 0.1) is 77.0 Å². The van der Waals surface area contributed by atoms with Crippen molar-refractivity contribution in [2.75, 3.05) is 65.9 Å². The van der Waals surface area contributed by atoms with Crippen molar-refractivity contribution in [3.05, 3.63) is 0 Å². The molecule has 0 fully saturated rings. The van der Waals surface area contributed by atoms with Crippen LogP contribution in [0.5, 0.6) is 0 Å². The molecule has 260 valence electrons. The molecule has 0 amide bonds. The molecule has 0 aliphatic carbocycles. The zero-order chi connectivity index (χ0) is 32.0. The summed E-state index contributed by atoms with van der Waals surface area (Å²) < 4.78 is 0. The lowest BCUT2D eigenvalue weighted by Gasteiger charge is -2.34. The fourth-order valence-electron chi connectivity index (χ4n) is 5.99. The van der Waals surface area contributed by atoms with Gasteiger partial charge in [-0.15, -0.1) is 0 Å². The molecular formula is C33H70N2O8. The molecule has 8 N–H and O–H groups in total. The van der Waals surface area contributed by atoms with E-state index in [4.69, 9.17) is 0 Å². The second kappa shape index (κ2) is 31.6. The van der Waals surface area contributed by atoms with E-state index in [-0.39, 0.29) is 52.9 Å². The van der Waals surface area contributed by atoms with Crippen LogP contribution in [0.2, 0.25) is 0 Å². The highest BCUT2D eigenvalue weighted by atomic mass is 16.3. The number of hydrogen-bond donors (Lipinski definition) is 8. The fraction of sp³-hybridized carbons (Fsp3) is 1.00. The number of aliphatic hydroxyl groups excluding tert-OH is 8. The van der Waals surface area contributed by atoms with Gasteiger partial charge >= 0.3 is 0 Å². The SMILES string of the molecule is OCC(CO)N(CCCCCCCCCCCCCCCCCCCCCN(C(CO)CO)C(CO)CO)C(CO)CO. The Kier molecular flexibility index (Phi) is 31.3. The van der Waals surface area contributed by atoms with Gasteiger partial charge < -0.3 is 40.9 Å². The predicted octanol–water partition coefficient (Wildman–Crippen LogP) is 2.42. The first-order valence-electron chi connectivity index (χ1n) is 17.5. The third kappa shape index (κ3) is 21.1. The van der Waals surface area contributed by atoms with E-state index < -0.39 is 24.2 Å². The Bertz CT molecular complexity index is 477. The van der Waals surface area contributed by atoms with Crippen molar-refractivity contribution in [3.8, 4) is 0 Å². The van der Waals surface area contributed by atoms with E-state index in [1.165, 1.54) is 96.3 Å². The molecule has 43 heavy (non-hydrogen) atoms. The Hall–Kier alpha value is -0.400. The molecule has 0 atom stereocenters. The Morgan fingerprint density at radius 1 is 0.233 bits per heavy atom. The first-order chi connectivity index (χ1) is 21.1. The topological polar surface area (TPSA) is 168 Å². The third-order valence-electron chi connectivity index (χ3n) is 8.89. The first-order valence-corrected chi connectivity index (χ1v) is 17.5. The Balaban J connectivity index is 3.59. The van der Waals surface area contributed by atoms with Crippen LogP contribution >= 0.6 is 0 Å². The maximum Gasteiger partial charge on any atom is 0.0609 e. The highest BCUT2D eigenvalue weighted by Gasteiger charge is 2.25. The van der Waals surface area contributed by atoms with Crippen molar-refractivity contribution in [2.45, 2.75) is 146 Å². The highest BCUT2D eigenvalue weighted by molar-refractivity contribution is 4.79. The van der Waals surface area contributed by atoms with Crippen molar-refractivity contribution in [1.29, 1.82) is 0 Å². The van der Waals surface area contributed by atoms with Gasteiger partial charge in [-0.25, -0.2) is 0 Å². The standard InChI is InChI=1S/C33H70N2O8/c36-22-30(23-37)34(31(24-38)25-39)20-18-16-14-12-10-8-6-4-2-1-3-5-7-9-11-13-15-17-19-21-35(32(26-40)27-41)33(28-42)29-43/h30-33,36-43H,1-29H2. The monoisotopic (exact) mass is 623 g/mol. The van der Waals surface area contributed by atoms with E-state index in [1.54, 1.807) is 0 Å². The molecule has 0 aromatic heterocycles. The summed E-state index contributed by atoms with van der Waals surface area (Å²) in [6, 6.07) is -1.74. The number of hydrogen-bond acceptors (Lipinski definition) is 10. The molecule has 0 saturated heterocycles. The van der Waals surface area contributed by atoms with Gasteiger partial charge in [-0.3, -0.25) is 9.80 Å². The van der Waals surface area contributed by atoms with Crippen LogP contribution in [0, 0.1) is 0 Å². The van der Waals surface area contributed by atoms with Crippen LogP contribution in [0.4, 0.5) is 0 Å². The molecule has 0 rings (SSSR count). The molecule has 0 spiro atoms. The minimum atomic E-state index is -0.434. The van der Waals surface area contributed by atoms with Crippen LogP contribution in [0.15, 0.2) is 0 Å². The van der Waals surface area contributed by atoms with Crippen LogP contribution in [-0.4, -0.2) is 141 Å². The third-order valence-corrected chi connectivity index (χ3v) is 8.89. The summed E-state index contributed by atoms with van der Waals surface area (Å²) in [7, 11) is 0. The molecule has 0 saturated carbocycles. The maximum atomic E-state index is 9.47. The van der Waals surface area contributed by atoms with E-state index in [2.05, 4.69) is 0 Å². The fourth-order valence-corrected chi connectivity index (χ4v) is 5.99. The van der Waals surface area contributed by atoms with Gasteiger partial charge in [-0.1, -0.05) is 109 Å². The van der Waals surface area contributed by atoms with E-state index in [0.717, 1.165) is 25.7 Å². The van der Waals surface area contributed by atoms with Crippen molar-refractivity contribution < 1.29 is 40.9 Å². The zero-order valence-corrected chi connectivity index (χ0v) is 27.3. The summed E-state index contributed by atoms with van der Waals surface area (Å²) in [4.78, 5) is 3.68. The van der Waals surface area contributed by atoms with Gasteiger partial charge in [0.2, 0.25) is 0 Å². The summed E-state index contributed by atoms with van der Waals surface area (Å²) in [5.41, 5.74) is 0. The highest BCUT2D eigenvalue weighted by Crippen LogP contribution is 2.16. The second-order valence-corrected chi connectivity index (χ2v) is 12.3. The van der Waals surface area contributed by atoms with Crippen molar-refractivity contribution in [1.82, 2.24) is 9.80 Å². The molecule has 0 aliphatic heterocycles. The van der Waals surface area contributed by atoms with Crippen LogP contribution in [-0.2, 0) is 0 Å². The van der Waals surface area contributed by atoms with E-state index in [1.807, 2.05) is 9.80 Å². The summed E-state index contributed by atoms with van der Waals surface area (Å²) >= 11 is 0. The normalized spacial score (nSPS) is 12.4. The average molecular weight is 623 g/mol. The number of aliphatic hydroxyl groups is 8. The second-order valence-electron chi connectivity index (χ2n) is 12.3. The molecule has 0 aromatic carbocycles. The predicted molar refractivity (Wildman–Crippen MR) is 173 cm³/mol. The quantitative estimate of drug-likeness (QED) is 0.0499. The Morgan fingerprint density at radius 3 is 0.512 bits per heavy atom. The van der Waals surface area contributed by atoms with Gasteiger partial charge in [0.25, 0.3) is 0 Å². The summed E-state index contributed by atoms with van der Waals surface area (Å²) in [5, 5.41) is 75.8. The minimum Gasteiger partial charge on any atom is -0.395 e. The number of rotatable bonds is 34. The van der Waals surface area contributed by atoms with Crippen molar-refractivity contribution in [2.24, 2.45) is 0 Å². The van der Waals surface area contributed by atoms with Gasteiger partial charge in [0.15, 0.2) is 0 Å². The molecule has 0 aromatic rings. The molecule has 10 heteroatoms. The summed E-state index contributed by atoms with van der Waals surface area (Å²) in [5.74, 6) is 0. The van der Waals surface area contributed by atoms with Gasteiger partial charge in [0.1, 0.15) is 0 Å². The van der Waals surface area contributed by atoms with Gasteiger partial charge in [-0.2, -0.15) is 0 Å². The smallest absolute Gasteiger partial charge is 0.0609 e. The Labute approximate surface area is 262 Å². The van der Waals surface area contributed by atoms with E-state index in [0.29, 0.717) is 13.1 Å². The number of nitrogens with zero attached hydrogens (tertiary/aromatic N) is 2. The molecule has 0 aliphatic rings. The molecule has 0 bridgehead atoms. The van der Waals surface area contributed by atoms with Crippen LogP contribution in [0.1, 0.15) is 122 Å². The van der Waals surface area contributed by atoms with Gasteiger partial charge in [0, 0.05) is 0 Å². The average Bonchev–Trinajstić information content (AvgIpc) is 3.03. The summed E-state index contributed by atoms with van der Waals surface area (Å²) in [6.07, 6.45) is 23.3.